The maximum Gasteiger partial charge on any atom is 0.309 e. The summed E-state index contributed by atoms with van der Waals surface area (Å²) in [5, 5.41) is 10.1. The molecule has 1 N–H and O–H groups in total. The Balaban J connectivity index is 2.07. The summed E-state index contributed by atoms with van der Waals surface area (Å²) in [6.07, 6.45) is 2.67. The minimum absolute atomic E-state index is 0.112. The molecule has 1 heterocycles. The second-order valence-corrected chi connectivity index (χ2v) is 4.82. The number of benzene rings is 1. The van der Waals surface area contributed by atoms with Crippen molar-refractivity contribution in [2.75, 3.05) is 0 Å². The van der Waals surface area contributed by atoms with Crippen molar-refractivity contribution in [3.8, 4) is 0 Å². The van der Waals surface area contributed by atoms with E-state index in [1.807, 2.05) is 24.3 Å². The van der Waals surface area contributed by atoms with Crippen molar-refractivity contribution in [2.45, 2.75) is 25.8 Å². The third kappa shape index (κ3) is 2.05. The molecule has 1 aromatic heterocycles. The van der Waals surface area contributed by atoms with E-state index in [0.717, 1.165) is 29.1 Å². The molecule has 3 heteroatoms. The van der Waals surface area contributed by atoms with Crippen LogP contribution in [-0.2, 0) is 17.8 Å². The van der Waals surface area contributed by atoms with Gasteiger partial charge in [0.05, 0.1) is 6.42 Å². The molecule has 0 amide bonds. The van der Waals surface area contributed by atoms with Crippen LogP contribution in [-0.4, -0.2) is 15.6 Å². The molecule has 0 unspecified atom stereocenters. The molecule has 1 fully saturated rings. The topological polar surface area (TPSA) is 42.2 Å². The predicted octanol–water partition coefficient (Wildman–Crippen LogP) is 2.68. The van der Waals surface area contributed by atoms with Crippen molar-refractivity contribution in [2.24, 2.45) is 5.92 Å². The minimum atomic E-state index is -0.759. The van der Waals surface area contributed by atoms with Crippen molar-refractivity contribution in [1.29, 1.82) is 0 Å². The van der Waals surface area contributed by atoms with Crippen LogP contribution in [0.1, 0.15) is 18.5 Å². The molecular formula is C14H15NO2. The van der Waals surface area contributed by atoms with Gasteiger partial charge in [-0.3, -0.25) is 4.79 Å². The van der Waals surface area contributed by atoms with Gasteiger partial charge in [-0.25, -0.2) is 0 Å². The Morgan fingerprint density at radius 1 is 1.35 bits per heavy atom. The molecule has 0 bridgehead atoms. The molecule has 0 radical (unpaired) electrons. The van der Waals surface area contributed by atoms with Crippen LogP contribution in [0.3, 0.4) is 0 Å². The van der Waals surface area contributed by atoms with E-state index in [1.54, 1.807) is 0 Å². The van der Waals surface area contributed by atoms with Crippen LogP contribution in [0, 0.1) is 5.92 Å². The number of aromatic nitrogens is 1. The molecule has 1 aliphatic carbocycles. The van der Waals surface area contributed by atoms with Crippen LogP contribution in [0.4, 0.5) is 0 Å². The molecule has 3 rings (SSSR count). The Morgan fingerprint density at radius 2 is 2.12 bits per heavy atom. The molecule has 17 heavy (non-hydrogen) atoms. The van der Waals surface area contributed by atoms with E-state index in [1.165, 1.54) is 12.8 Å². The first-order chi connectivity index (χ1) is 8.24. The predicted molar refractivity (Wildman–Crippen MR) is 66.0 cm³/mol. The zero-order valence-electron chi connectivity index (χ0n) is 9.60. The number of hydrogen-bond acceptors (Lipinski definition) is 1. The van der Waals surface area contributed by atoms with Gasteiger partial charge >= 0.3 is 5.97 Å². The van der Waals surface area contributed by atoms with Gasteiger partial charge in [0, 0.05) is 17.8 Å². The lowest BCUT2D eigenvalue weighted by atomic mass is 10.2. The fourth-order valence-electron chi connectivity index (χ4n) is 2.34. The lowest BCUT2D eigenvalue weighted by molar-refractivity contribution is -0.136. The molecule has 2 aromatic rings. The van der Waals surface area contributed by atoms with Crippen LogP contribution in [0.5, 0.6) is 0 Å². The Morgan fingerprint density at radius 3 is 2.82 bits per heavy atom. The summed E-state index contributed by atoms with van der Waals surface area (Å²) in [7, 11) is 0. The van der Waals surface area contributed by atoms with E-state index in [9.17, 15) is 4.79 Å². The van der Waals surface area contributed by atoms with E-state index >= 15 is 0 Å². The summed E-state index contributed by atoms with van der Waals surface area (Å²) < 4.78 is 2.18. The lowest BCUT2D eigenvalue weighted by Crippen LogP contribution is -2.09. The number of aliphatic carboxylic acids is 1. The van der Waals surface area contributed by atoms with Gasteiger partial charge in [-0.2, -0.15) is 0 Å². The Bertz CT molecular complexity index is 567. The maximum absolute atomic E-state index is 10.9. The normalized spacial score (nSPS) is 15.3. The van der Waals surface area contributed by atoms with Crippen LogP contribution in [0.15, 0.2) is 30.3 Å². The summed E-state index contributed by atoms with van der Waals surface area (Å²) in [6, 6.07) is 10.1. The Hall–Kier alpha value is -1.77. The second kappa shape index (κ2) is 3.91. The standard InChI is InChI=1S/C14H15NO2/c16-14(17)8-12-7-11-3-1-2-4-13(11)15(12)9-10-5-6-10/h1-4,7,10H,5-6,8-9H2,(H,16,17). The number of carbonyl (C=O) groups is 1. The first kappa shape index (κ1) is 10.4. The van der Waals surface area contributed by atoms with Crippen molar-refractivity contribution in [3.05, 3.63) is 36.0 Å². The zero-order chi connectivity index (χ0) is 11.8. The number of carboxylic acid groups (broad SMARTS) is 1. The molecule has 0 aliphatic heterocycles. The molecule has 1 aromatic carbocycles. The number of carboxylic acids is 1. The molecular weight excluding hydrogens is 214 g/mol. The molecule has 0 spiro atoms. The van der Waals surface area contributed by atoms with E-state index in [4.69, 9.17) is 5.11 Å². The average Bonchev–Trinajstić information content (AvgIpc) is 3.03. The van der Waals surface area contributed by atoms with E-state index in [0.29, 0.717) is 0 Å². The van der Waals surface area contributed by atoms with Crippen molar-refractivity contribution >= 4 is 16.9 Å². The van der Waals surface area contributed by atoms with Crippen molar-refractivity contribution in [3.63, 3.8) is 0 Å². The molecule has 1 aliphatic rings. The van der Waals surface area contributed by atoms with Crippen LogP contribution < -0.4 is 0 Å². The van der Waals surface area contributed by atoms with Gasteiger partial charge in [0.25, 0.3) is 0 Å². The lowest BCUT2D eigenvalue weighted by Gasteiger charge is -2.08. The van der Waals surface area contributed by atoms with Gasteiger partial charge in [0.15, 0.2) is 0 Å². The summed E-state index contributed by atoms with van der Waals surface area (Å²) >= 11 is 0. The van der Waals surface area contributed by atoms with Crippen molar-refractivity contribution in [1.82, 2.24) is 4.57 Å². The fraction of sp³-hybridized carbons (Fsp3) is 0.357. The SMILES string of the molecule is O=C(O)Cc1cc2ccccc2n1CC1CC1. The number of hydrogen-bond donors (Lipinski definition) is 1. The zero-order valence-corrected chi connectivity index (χ0v) is 9.60. The largest absolute Gasteiger partial charge is 0.481 e. The summed E-state index contributed by atoms with van der Waals surface area (Å²) in [4.78, 5) is 10.9. The highest BCUT2D eigenvalue weighted by Gasteiger charge is 2.23. The third-order valence-electron chi connectivity index (χ3n) is 3.37. The van der Waals surface area contributed by atoms with Gasteiger partial charge < -0.3 is 9.67 Å². The van der Waals surface area contributed by atoms with Crippen molar-refractivity contribution < 1.29 is 9.90 Å². The molecule has 3 nitrogen and oxygen atoms in total. The molecule has 0 atom stereocenters. The number of para-hydroxylation sites is 1. The van der Waals surface area contributed by atoms with Crippen LogP contribution in [0.25, 0.3) is 10.9 Å². The van der Waals surface area contributed by atoms with E-state index in [-0.39, 0.29) is 6.42 Å². The van der Waals surface area contributed by atoms with Gasteiger partial charge in [-0.1, -0.05) is 18.2 Å². The fourth-order valence-corrected chi connectivity index (χ4v) is 2.34. The first-order valence-corrected chi connectivity index (χ1v) is 6.03. The quantitative estimate of drug-likeness (QED) is 0.875. The van der Waals surface area contributed by atoms with Gasteiger partial charge in [0.1, 0.15) is 0 Å². The number of nitrogens with zero attached hydrogens (tertiary/aromatic N) is 1. The minimum Gasteiger partial charge on any atom is -0.481 e. The number of rotatable bonds is 4. The summed E-state index contributed by atoms with van der Waals surface area (Å²) in [5.41, 5.74) is 2.08. The third-order valence-corrected chi connectivity index (χ3v) is 3.37. The Kier molecular flexibility index (Phi) is 2.39. The number of fused-ring (bicyclic) bond motifs is 1. The monoisotopic (exact) mass is 229 g/mol. The van der Waals surface area contributed by atoms with E-state index < -0.39 is 5.97 Å². The maximum atomic E-state index is 10.9. The summed E-state index contributed by atoms with van der Waals surface area (Å²) in [5.74, 6) is -0.0109. The highest BCUT2D eigenvalue weighted by atomic mass is 16.4. The Labute approximate surface area is 99.7 Å². The summed E-state index contributed by atoms with van der Waals surface area (Å²) in [6.45, 7) is 0.968. The van der Waals surface area contributed by atoms with Crippen LogP contribution >= 0.6 is 0 Å². The van der Waals surface area contributed by atoms with Gasteiger partial charge in [-0.05, 0) is 36.3 Å². The molecule has 0 saturated heterocycles. The molecule has 88 valence electrons. The average molecular weight is 229 g/mol. The highest BCUT2D eigenvalue weighted by Crippen LogP contribution is 2.33. The van der Waals surface area contributed by atoms with Gasteiger partial charge in [0.2, 0.25) is 0 Å². The smallest absolute Gasteiger partial charge is 0.309 e. The van der Waals surface area contributed by atoms with E-state index in [2.05, 4.69) is 10.6 Å². The van der Waals surface area contributed by atoms with Gasteiger partial charge in [-0.15, -0.1) is 0 Å². The molecule has 1 saturated carbocycles. The first-order valence-electron chi connectivity index (χ1n) is 6.03. The second-order valence-electron chi connectivity index (χ2n) is 4.82. The highest BCUT2D eigenvalue weighted by molar-refractivity contribution is 5.83. The van der Waals surface area contributed by atoms with Crippen LogP contribution in [0.2, 0.25) is 0 Å².